The van der Waals surface area contributed by atoms with Crippen LogP contribution in [-0.2, 0) is 9.47 Å². The van der Waals surface area contributed by atoms with Crippen LogP contribution in [0.2, 0.25) is 0 Å². The predicted octanol–water partition coefficient (Wildman–Crippen LogP) is 3.62. The van der Waals surface area contributed by atoms with Crippen molar-refractivity contribution in [3.63, 3.8) is 0 Å². The molecule has 0 N–H and O–H groups in total. The van der Waals surface area contributed by atoms with Gasteiger partial charge in [0.25, 0.3) is 6.36 Å². The van der Waals surface area contributed by atoms with E-state index in [2.05, 4.69) is 4.74 Å². The average Bonchev–Trinajstić information content (AvgIpc) is 2.14. The molecule has 0 amide bonds. The highest BCUT2D eigenvalue weighted by Crippen LogP contribution is 2.38. The molecule has 0 rings (SSSR count). The summed E-state index contributed by atoms with van der Waals surface area (Å²) < 4.78 is 135. The van der Waals surface area contributed by atoms with Gasteiger partial charge in [-0.15, -0.1) is 0 Å². The van der Waals surface area contributed by atoms with Gasteiger partial charge < -0.3 is 0 Å². The maximum Gasteiger partial charge on any atom is 0.421 e. The molecule has 0 radical (unpaired) electrons. The Morgan fingerprint density at radius 3 is 1.26 bits per heavy atom. The molecule has 0 spiro atoms. The van der Waals surface area contributed by atoms with Gasteiger partial charge in [0.05, 0.1) is 0 Å². The molecule has 0 aliphatic carbocycles. The van der Waals surface area contributed by atoms with E-state index in [1.807, 2.05) is 4.74 Å². The molecule has 0 aromatic rings. The lowest BCUT2D eigenvalue weighted by Crippen LogP contribution is -2.48. The van der Waals surface area contributed by atoms with E-state index in [9.17, 15) is 48.3 Å². The number of hydrogen-bond acceptors (Lipinski definition) is 2. The summed E-state index contributed by atoms with van der Waals surface area (Å²) in [6, 6.07) is 0. The topological polar surface area (TPSA) is 18.5 Å². The van der Waals surface area contributed by atoms with Crippen LogP contribution < -0.4 is 0 Å². The summed E-state index contributed by atoms with van der Waals surface area (Å²) in [6.45, 7) is 0. The van der Waals surface area contributed by atoms with E-state index < -0.39 is 37.5 Å². The van der Waals surface area contributed by atoms with Gasteiger partial charge in [-0.1, -0.05) is 0 Å². The Morgan fingerprint density at radius 1 is 0.579 bits per heavy atom. The van der Waals surface area contributed by atoms with E-state index in [0.717, 1.165) is 0 Å². The summed E-state index contributed by atoms with van der Waals surface area (Å²) in [7, 11) is 0. The Kier molecular flexibility index (Phi) is 5.39. The van der Waals surface area contributed by atoms with Gasteiger partial charge in [-0.05, 0) is 0 Å². The molecule has 0 aromatic carbocycles. The van der Waals surface area contributed by atoms with Gasteiger partial charge in [-0.3, -0.25) is 4.74 Å². The molecule has 0 aliphatic heterocycles. The van der Waals surface area contributed by atoms with Crippen molar-refractivity contribution in [2.45, 2.75) is 37.5 Å². The molecule has 116 valence electrons. The van der Waals surface area contributed by atoms with Crippen LogP contribution in [0.25, 0.3) is 0 Å². The molecular formula is C6H3F11O2. The first kappa shape index (κ1) is 18.1. The molecule has 0 aromatic heterocycles. The van der Waals surface area contributed by atoms with Crippen LogP contribution in [0.4, 0.5) is 48.3 Å². The number of ether oxygens (including phenoxy) is 2. The predicted molar refractivity (Wildman–Crippen MR) is 33.9 cm³/mol. The number of rotatable bonds is 7. The normalized spacial score (nSPS) is 16.3. The third-order valence-corrected chi connectivity index (χ3v) is 1.31. The van der Waals surface area contributed by atoms with E-state index in [1.165, 1.54) is 0 Å². The first-order valence-electron chi connectivity index (χ1n) is 3.94. The van der Waals surface area contributed by atoms with Gasteiger partial charge in [0.1, 0.15) is 0 Å². The van der Waals surface area contributed by atoms with Crippen molar-refractivity contribution < 1.29 is 57.8 Å². The summed E-state index contributed by atoms with van der Waals surface area (Å²) in [5.41, 5.74) is 0. The van der Waals surface area contributed by atoms with Crippen molar-refractivity contribution in [2.24, 2.45) is 0 Å². The summed E-state index contributed by atoms with van der Waals surface area (Å²) in [6.07, 6.45) is -32.1. The van der Waals surface area contributed by atoms with Crippen molar-refractivity contribution in [1.29, 1.82) is 0 Å². The summed E-state index contributed by atoms with van der Waals surface area (Å²) in [4.78, 5) is 0. The zero-order valence-electron chi connectivity index (χ0n) is 8.21. The van der Waals surface area contributed by atoms with Gasteiger partial charge in [-0.2, -0.15) is 26.3 Å². The van der Waals surface area contributed by atoms with Gasteiger partial charge in [-0.25, -0.2) is 26.7 Å². The van der Waals surface area contributed by atoms with Gasteiger partial charge in [0.15, 0.2) is 0 Å². The second kappa shape index (κ2) is 5.64. The minimum absolute atomic E-state index is 1.98. The molecule has 0 aliphatic rings. The van der Waals surface area contributed by atoms with Gasteiger partial charge in [0.2, 0.25) is 0 Å². The zero-order valence-corrected chi connectivity index (χ0v) is 8.21. The van der Waals surface area contributed by atoms with Gasteiger partial charge >= 0.3 is 31.2 Å². The minimum Gasteiger partial charge on any atom is -0.273 e. The second-order valence-electron chi connectivity index (χ2n) is 2.82. The fraction of sp³-hybridized carbons (Fsp3) is 1.00. The first-order chi connectivity index (χ1) is 8.22. The lowest BCUT2D eigenvalue weighted by atomic mass is 10.5. The Hall–Kier alpha value is -0.850. The molecule has 0 saturated heterocycles. The van der Waals surface area contributed by atoms with E-state index in [-0.39, 0.29) is 0 Å². The molecule has 13 heteroatoms. The van der Waals surface area contributed by atoms with Crippen LogP contribution in [0.1, 0.15) is 0 Å². The lowest BCUT2D eigenvalue weighted by molar-refractivity contribution is -0.464. The maximum absolute atomic E-state index is 12.4. The monoisotopic (exact) mass is 316 g/mol. The fourth-order valence-corrected chi connectivity index (χ4v) is 0.530. The Bertz CT molecular complexity index is 291. The Labute approximate surface area is 96.6 Å². The summed E-state index contributed by atoms with van der Waals surface area (Å²) in [5, 5.41) is 0. The van der Waals surface area contributed by atoms with Crippen LogP contribution in [0, 0.1) is 0 Å². The van der Waals surface area contributed by atoms with E-state index in [0.29, 0.717) is 0 Å². The van der Waals surface area contributed by atoms with Crippen molar-refractivity contribution in [1.82, 2.24) is 0 Å². The van der Waals surface area contributed by atoms with Crippen molar-refractivity contribution in [3.05, 3.63) is 0 Å². The van der Waals surface area contributed by atoms with Crippen molar-refractivity contribution in [3.8, 4) is 0 Å². The van der Waals surface area contributed by atoms with Gasteiger partial charge in [0, 0.05) is 0 Å². The van der Waals surface area contributed by atoms with Crippen LogP contribution >= 0.6 is 0 Å². The molecule has 0 bridgehead atoms. The quantitative estimate of drug-likeness (QED) is 0.668. The third kappa shape index (κ3) is 4.97. The average molecular weight is 316 g/mol. The number of halogens is 11. The standard InChI is InChI=1S/C6H3F11O2/c7-1(8)4(12,13)18-3(11)6(16,17)19-5(14,15)2(9)10/h1-3H. The van der Waals surface area contributed by atoms with E-state index >= 15 is 0 Å². The first-order valence-corrected chi connectivity index (χ1v) is 3.94. The second-order valence-corrected chi connectivity index (χ2v) is 2.82. The molecule has 1 unspecified atom stereocenters. The third-order valence-electron chi connectivity index (χ3n) is 1.31. The molecular weight excluding hydrogens is 313 g/mol. The number of alkyl halides is 11. The minimum atomic E-state index is -6.02. The lowest BCUT2D eigenvalue weighted by Gasteiger charge is -2.27. The maximum atomic E-state index is 12.4. The summed E-state index contributed by atoms with van der Waals surface area (Å²) in [5.74, 6) is 0. The van der Waals surface area contributed by atoms with Crippen LogP contribution in [0.3, 0.4) is 0 Å². The van der Waals surface area contributed by atoms with Crippen molar-refractivity contribution >= 4 is 0 Å². The SMILES string of the molecule is FC(F)C(F)(F)OC(F)C(F)(F)OC(F)(F)C(F)F. The van der Waals surface area contributed by atoms with E-state index in [1.54, 1.807) is 0 Å². The highest BCUT2D eigenvalue weighted by Gasteiger charge is 2.59. The highest BCUT2D eigenvalue weighted by molar-refractivity contribution is 4.67. The van der Waals surface area contributed by atoms with Crippen molar-refractivity contribution in [2.75, 3.05) is 0 Å². The highest BCUT2D eigenvalue weighted by atomic mass is 19.3. The molecule has 0 saturated carbocycles. The summed E-state index contributed by atoms with van der Waals surface area (Å²) >= 11 is 0. The molecule has 0 fully saturated rings. The van der Waals surface area contributed by atoms with E-state index in [4.69, 9.17) is 0 Å². The zero-order chi connectivity index (χ0) is 15.6. The molecule has 19 heavy (non-hydrogen) atoms. The smallest absolute Gasteiger partial charge is 0.273 e. The molecule has 2 nitrogen and oxygen atoms in total. The van der Waals surface area contributed by atoms with Crippen LogP contribution in [0.5, 0.6) is 0 Å². The Morgan fingerprint density at radius 2 is 0.947 bits per heavy atom. The largest absolute Gasteiger partial charge is 0.421 e. The Balaban J connectivity index is 4.83. The fourth-order valence-electron chi connectivity index (χ4n) is 0.530. The number of hydrogen-bond donors (Lipinski definition) is 0. The molecule has 1 atom stereocenters. The molecule has 0 heterocycles. The van der Waals surface area contributed by atoms with Crippen LogP contribution in [0.15, 0.2) is 0 Å². The van der Waals surface area contributed by atoms with Crippen LogP contribution in [-0.4, -0.2) is 37.5 Å².